The van der Waals surface area contributed by atoms with Crippen molar-refractivity contribution in [2.24, 2.45) is 17.6 Å². The molecule has 154 valence electrons. The average molecular weight is 399 g/mol. The van der Waals surface area contributed by atoms with Gasteiger partial charge in [0.15, 0.2) is 11.5 Å². The Morgan fingerprint density at radius 2 is 1.93 bits per heavy atom. The van der Waals surface area contributed by atoms with E-state index in [0.717, 1.165) is 62.3 Å². The first-order chi connectivity index (χ1) is 12.4. The van der Waals surface area contributed by atoms with Crippen LogP contribution >= 0.6 is 12.4 Å². The van der Waals surface area contributed by atoms with E-state index >= 15 is 0 Å². The summed E-state index contributed by atoms with van der Waals surface area (Å²) >= 11 is 0. The lowest BCUT2D eigenvalue weighted by molar-refractivity contribution is -0.137. The Morgan fingerprint density at radius 1 is 1.22 bits per heavy atom. The molecule has 1 aliphatic rings. The predicted molar refractivity (Wildman–Crippen MR) is 112 cm³/mol. The molecule has 0 aliphatic heterocycles. The van der Waals surface area contributed by atoms with Gasteiger partial charge >= 0.3 is 0 Å². The molecule has 0 aromatic heterocycles. The molecule has 2 N–H and O–H groups in total. The van der Waals surface area contributed by atoms with Gasteiger partial charge in [-0.2, -0.15) is 0 Å². The minimum absolute atomic E-state index is 0. The van der Waals surface area contributed by atoms with Gasteiger partial charge in [-0.25, -0.2) is 0 Å². The number of hydrogen-bond acceptors (Lipinski definition) is 4. The molecule has 2 rings (SSSR count). The van der Waals surface area contributed by atoms with Crippen LogP contribution in [0.25, 0.3) is 0 Å². The number of carbonyl (C=O) groups is 1. The molecule has 0 bridgehead atoms. The van der Waals surface area contributed by atoms with Crippen LogP contribution in [0, 0.1) is 11.8 Å². The van der Waals surface area contributed by atoms with E-state index < -0.39 is 0 Å². The number of nitrogens with zero attached hydrogens (tertiary/aromatic N) is 1. The summed E-state index contributed by atoms with van der Waals surface area (Å²) in [4.78, 5) is 15.1. The molecule has 2 atom stereocenters. The van der Waals surface area contributed by atoms with Crippen LogP contribution in [0.4, 0.5) is 0 Å². The summed E-state index contributed by atoms with van der Waals surface area (Å²) in [6.07, 6.45) is 4.70. The Morgan fingerprint density at radius 3 is 2.52 bits per heavy atom. The molecule has 0 radical (unpaired) electrons. The first-order valence-electron chi connectivity index (χ1n) is 9.69. The number of halogens is 1. The summed E-state index contributed by atoms with van der Waals surface area (Å²) in [6, 6.07) is 6.12. The maximum absolute atomic E-state index is 13.0. The zero-order valence-electron chi connectivity index (χ0n) is 17.1. The molecule has 6 heteroatoms. The Labute approximate surface area is 170 Å². The number of methoxy groups -OCH3 is 2. The van der Waals surface area contributed by atoms with Gasteiger partial charge in [0.2, 0.25) is 5.91 Å². The van der Waals surface area contributed by atoms with E-state index in [1.54, 1.807) is 14.2 Å². The van der Waals surface area contributed by atoms with Crippen molar-refractivity contribution in [3.63, 3.8) is 0 Å². The van der Waals surface area contributed by atoms with Crippen LogP contribution in [-0.4, -0.2) is 44.2 Å². The normalized spacial score (nSPS) is 19.3. The van der Waals surface area contributed by atoms with Crippen LogP contribution in [0.1, 0.15) is 45.1 Å². The van der Waals surface area contributed by atoms with Crippen LogP contribution in [0.5, 0.6) is 11.5 Å². The molecule has 2 unspecified atom stereocenters. The number of rotatable bonds is 8. The van der Waals surface area contributed by atoms with E-state index in [1.165, 1.54) is 0 Å². The summed E-state index contributed by atoms with van der Waals surface area (Å²) in [6.45, 7) is 5.82. The summed E-state index contributed by atoms with van der Waals surface area (Å²) in [5, 5.41) is 0. The van der Waals surface area contributed by atoms with E-state index in [-0.39, 0.29) is 30.3 Å². The Kier molecular flexibility index (Phi) is 9.95. The van der Waals surface area contributed by atoms with Crippen LogP contribution in [0.15, 0.2) is 18.2 Å². The fraction of sp³-hybridized carbons (Fsp3) is 0.667. The fourth-order valence-corrected chi connectivity index (χ4v) is 3.74. The second kappa shape index (κ2) is 11.4. The summed E-state index contributed by atoms with van der Waals surface area (Å²) in [5.74, 6) is 2.26. The van der Waals surface area contributed by atoms with Gasteiger partial charge in [0.1, 0.15) is 0 Å². The zero-order chi connectivity index (χ0) is 19.1. The highest BCUT2D eigenvalue weighted by atomic mass is 35.5. The standard InChI is InChI=1S/C21H34N2O3.ClH/c1-15(2)14-23(21(24)17-6-5-7-18(22)13-17)11-10-16-8-9-19(25-3)20(12-16)26-4;/h8-9,12,15,17-18H,5-7,10-11,13-14,22H2,1-4H3;1H. The van der Waals surface area contributed by atoms with E-state index in [1.807, 2.05) is 23.1 Å². The molecule has 1 aliphatic carbocycles. The molecule has 5 nitrogen and oxygen atoms in total. The van der Waals surface area contributed by atoms with Crippen molar-refractivity contribution in [3.05, 3.63) is 23.8 Å². The lowest BCUT2D eigenvalue weighted by Crippen LogP contribution is -2.43. The van der Waals surface area contributed by atoms with Crippen LogP contribution in [0.2, 0.25) is 0 Å². The number of ether oxygens (including phenoxy) is 2. The van der Waals surface area contributed by atoms with Crippen molar-refractivity contribution in [1.82, 2.24) is 4.90 Å². The SMILES string of the molecule is COc1ccc(CCN(CC(C)C)C(=O)C2CCCC(N)C2)cc1OC.Cl. The number of benzene rings is 1. The first kappa shape index (κ1) is 23.6. The number of amides is 1. The van der Waals surface area contributed by atoms with Gasteiger partial charge in [-0.3, -0.25) is 4.79 Å². The number of hydrogen-bond donors (Lipinski definition) is 1. The van der Waals surface area contributed by atoms with E-state index in [0.29, 0.717) is 5.92 Å². The Balaban J connectivity index is 0.00000364. The van der Waals surface area contributed by atoms with Crippen LogP contribution in [-0.2, 0) is 11.2 Å². The van der Waals surface area contributed by atoms with Gasteiger partial charge in [-0.1, -0.05) is 26.3 Å². The third kappa shape index (κ3) is 6.89. The second-order valence-electron chi connectivity index (χ2n) is 7.74. The minimum atomic E-state index is 0. The van der Waals surface area contributed by atoms with Crippen molar-refractivity contribution >= 4 is 18.3 Å². The van der Waals surface area contributed by atoms with Gasteiger partial charge in [0.05, 0.1) is 14.2 Å². The third-order valence-electron chi connectivity index (χ3n) is 5.08. The minimum Gasteiger partial charge on any atom is -0.493 e. The molecule has 27 heavy (non-hydrogen) atoms. The molecule has 0 saturated heterocycles. The zero-order valence-corrected chi connectivity index (χ0v) is 17.9. The summed E-state index contributed by atoms with van der Waals surface area (Å²) < 4.78 is 10.7. The number of nitrogens with two attached hydrogens (primary N) is 1. The second-order valence-corrected chi connectivity index (χ2v) is 7.74. The largest absolute Gasteiger partial charge is 0.493 e. The van der Waals surface area contributed by atoms with Gasteiger partial charge in [0, 0.05) is 25.0 Å². The predicted octanol–water partition coefficient (Wildman–Crippen LogP) is 3.67. The lowest BCUT2D eigenvalue weighted by atomic mass is 9.85. The maximum atomic E-state index is 13.0. The van der Waals surface area contributed by atoms with Gasteiger partial charge in [0.25, 0.3) is 0 Å². The molecule has 1 aromatic carbocycles. The first-order valence-corrected chi connectivity index (χ1v) is 9.69. The highest BCUT2D eigenvalue weighted by molar-refractivity contribution is 5.85. The average Bonchev–Trinajstić information content (AvgIpc) is 2.63. The van der Waals surface area contributed by atoms with Crippen LogP contribution < -0.4 is 15.2 Å². The van der Waals surface area contributed by atoms with Crippen molar-refractivity contribution in [2.45, 2.75) is 52.0 Å². The molecular formula is C21H35ClN2O3. The van der Waals surface area contributed by atoms with E-state index in [4.69, 9.17) is 15.2 Å². The molecule has 1 saturated carbocycles. The quantitative estimate of drug-likeness (QED) is 0.725. The highest BCUT2D eigenvalue weighted by Crippen LogP contribution is 2.28. The fourth-order valence-electron chi connectivity index (χ4n) is 3.74. The molecular weight excluding hydrogens is 364 g/mol. The van der Waals surface area contributed by atoms with Crippen molar-refractivity contribution in [1.29, 1.82) is 0 Å². The van der Waals surface area contributed by atoms with Gasteiger partial charge < -0.3 is 20.1 Å². The number of carbonyl (C=O) groups excluding carboxylic acids is 1. The molecule has 0 heterocycles. The highest BCUT2D eigenvalue weighted by Gasteiger charge is 2.29. The monoisotopic (exact) mass is 398 g/mol. The molecule has 1 aromatic rings. The van der Waals surface area contributed by atoms with Crippen molar-refractivity contribution in [3.8, 4) is 11.5 Å². The van der Waals surface area contributed by atoms with Gasteiger partial charge in [-0.05, 0) is 49.3 Å². The summed E-state index contributed by atoms with van der Waals surface area (Å²) in [7, 11) is 3.28. The van der Waals surface area contributed by atoms with E-state index in [2.05, 4.69) is 13.8 Å². The van der Waals surface area contributed by atoms with Gasteiger partial charge in [-0.15, -0.1) is 12.4 Å². The Bertz CT molecular complexity index is 595. The summed E-state index contributed by atoms with van der Waals surface area (Å²) in [5.41, 5.74) is 7.24. The third-order valence-corrected chi connectivity index (χ3v) is 5.08. The molecule has 1 amide bonds. The molecule has 0 spiro atoms. The van der Waals surface area contributed by atoms with Crippen LogP contribution in [0.3, 0.4) is 0 Å². The molecule has 1 fully saturated rings. The van der Waals surface area contributed by atoms with E-state index in [9.17, 15) is 4.79 Å². The smallest absolute Gasteiger partial charge is 0.225 e. The maximum Gasteiger partial charge on any atom is 0.225 e. The van der Waals surface area contributed by atoms with Crippen molar-refractivity contribution < 1.29 is 14.3 Å². The lowest BCUT2D eigenvalue weighted by Gasteiger charge is -2.32. The van der Waals surface area contributed by atoms with Crippen molar-refractivity contribution in [2.75, 3.05) is 27.3 Å². The Hall–Kier alpha value is -1.46. The topological polar surface area (TPSA) is 64.8 Å².